The summed E-state index contributed by atoms with van der Waals surface area (Å²) in [6.45, 7) is 0. The van der Waals surface area contributed by atoms with Crippen LogP contribution in [0.15, 0.2) is 40.9 Å². The fourth-order valence-electron chi connectivity index (χ4n) is 2.79. The third-order valence-corrected chi connectivity index (χ3v) is 4.48. The highest BCUT2D eigenvalue weighted by Crippen LogP contribution is 2.42. The molecule has 1 heterocycles. The van der Waals surface area contributed by atoms with Crippen molar-refractivity contribution in [3.8, 4) is 0 Å². The molecule has 0 bridgehead atoms. The van der Waals surface area contributed by atoms with Gasteiger partial charge in [-0.3, -0.25) is 0 Å². The van der Waals surface area contributed by atoms with Gasteiger partial charge in [0, 0.05) is 21.8 Å². The first-order valence-corrected chi connectivity index (χ1v) is 8.01. The molecular formula is C16H12BrClFNO3. The van der Waals surface area contributed by atoms with Crippen LogP contribution in [0.1, 0.15) is 23.5 Å². The maximum Gasteiger partial charge on any atom is 0.507 e. The minimum atomic E-state index is -1.41. The number of rotatable bonds is 2. The summed E-state index contributed by atoms with van der Waals surface area (Å²) in [5.41, 5.74) is 1.83. The number of hydrogen-bond donors (Lipinski definition) is 2. The van der Waals surface area contributed by atoms with Crippen LogP contribution in [0.2, 0.25) is 5.02 Å². The number of hydrogen-bond acceptors (Lipinski definition) is 3. The van der Waals surface area contributed by atoms with E-state index in [0.717, 1.165) is 10.0 Å². The highest BCUT2D eigenvalue weighted by atomic mass is 79.9. The van der Waals surface area contributed by atoms with Crippen molar-refractivity contribution >= 4 is 39.4 Å². The Balaban J connectivity index is 2.06. The molecule has 3 rings (SSSR count). The molecule has 0 saturated heterocycles. The summed E-state index contributed by atoms with van der Waals surface area (Å²) >= 11 is 9.35. The Morgan fingerprint density at radius 3 is 2.70 bits per heavy atom. The lowest BCUT2D eigenvalue weighted by Crippen LogP contribution is -2.33. The number of benzene rings is 2. The number of nitrogens with one attached hydrogen (secondary N) is 1. The van der Waals surface area contributed by atoms with Gasteiger partial charge in [0.25, 0.3) is 0 Å². The Bertz CT molecular complexity index is 754. The van der Waals surface area contributed by atoms with Gasteiger partial charge < -0.3 is 15.2 Å². The molecule has 0 fully saturated rings. The summed E-state index contributed by atoms with van der Waals surface area (Å²) in [4.78, 5) is 10.8. The van der Waals surface area contributed by atoms with Gasteiger partial charge >= 0.3 is 6.16 Å². The molecule has 2 atom stereocenters. The third-order valence-electron chi connectivity index (χ3n) is 3.73. The van der Waals surface area contributed by atoms with Gasteiger partial charge in [0.15, 0.2) is 6.23 Å². The van der Waals surface area contributed by atoms with Crippen LogP contribution in [-0.2, 0) is 4.74 Å². The van der Waals surface area contributed by atoms with Crippen LogP contribution in [0.5, 0.6) is 0 Å². The molecule has 0 aromatic heterocycles. The predicted molar refractivity (Wildman–Crippen MR) is 88.5 cm³/mol. The number of halogens is 3. The topological polar surface area (TPSA) is 58.6 Å². The molecule has 1 aliphatic heterocycles. The van der Waals surface area contributed by atoms with E-state index in [2.05, 4.69) is 21.2 Å². The molecule has 0 amide bonds. The first-order chi connectivity index (χ1) is 10.9. The first-order valence-electron chi connectivity index (χ1n) is 6.84. The summed E-state index contributed by atoms with van der Waals surface area (Å²) in [5.74, 6) is -0.759. The molecule has 0 saturated carbocycles. The highest BCUT2D eigenvalue weighted by Gasteiger charge is 2.32. The summed E-state index contributed by atoms with van der Waals surface area (Å²) < 4.78 is 20.0. The zero-order valence-corrected chi connectivity index (χ0v) is 14.1. The van der Waals surface area contributed by atoms with Crippen LogP contribution in [-0.4, -0.2) is 17.5 Å². The molecule has 7 heteroatoms. The molecule has 120 valence electrons. The van der Waals surface area contributed by atoms with Crippen LogP contribution < -0.4 is 5.32 Å². The zero-order chi connectivity index (χ0) is 16.6. The van der Waals surface area contributed by atoms with Gasteiger partial charge in [-0.15, -0.1) is 0 Å². The molecule has 0 aliphatic carbocycles. The second-order valence-corrected chi connectivity index (χ2v) is 6.56. The van der Waals surface area contributed by atoms with Gasteiger partial charge in [0.05, 0.1) is 5.69 Å². The largest absolute Gasteiger partial charge is 0.507 e. The number of ether oxygens (including phenoxy) is 1. The van der Waals surface area contributed by atoms with E-state index in [0.29, 0.717) is 17.0 Å². The molecule has 23 heavy (non-hydrogen) atoms. The lowest BCUT2D eigenvalue weighted by molar-refractivity contribution is 0.0559. The minimum absolute atomic E-state index is 0.222. The first kappa shape index (κ1) is 16.1. The Labute approximate surface area is 145 Å². The van der Waals surface area contributed by atoms with Crippen molar-refractivity contribution in [3.63, 3.8) is 0 Å². The lowest BCUT2D eigenvalue weighted by Gasteiger charge is -2.32. The molecule has 2 aromatic rings. The van der Waals surface area contributed by atoms with Crippen LogP contribution in [0.4, 0.5) is 14.9 Å². The summed E-state index contributed by atoms with van der Waals surface area (Å²) in [6.07, 6.45) is -1.89. The van der Waals surface area contributed by atoms with Crippen molar-refractivity contribution in [2.75, 3.05) is 5.32 Å². The molecule has 2 unspecified atom stereocenters. The second kappa shape index (κ2) is 6.37. The van der Waals surface area contributed by atoms with E-state index in [1.54, 1.807) is 6.07 Å². The van der Waals surface area contributed by atoms with Gasteiger partial charge in [0.2, 0.25) is 0 Å². The average molecular weight is 401 g/mol. The van der Waals surface area contributed by atoms with E-state index < -0.39 is 18.2 Å². The second-order valence-electron chi connectivity index (χ2n) is 5.21. The quantitative estimate of drug-likeness (QED) is 0.680. The maximum absolute atomic E-state index is 14.2. The summed E-state index contributed by atoms with van der Waals surface area (Å²) in [5, 5.41) is 11.9. The number of carboxylic acid groups (broad SMARTS) is 1. The average Bonchev–Trinajstić information content (AvgIpc) is 2.47. The van der Waals surface area contributed by atoms with Gasteiger partial charge in [-0.2, -0.15) is 0 Å². The maximum atomic E-state index is 14.2. The van der Waals surface area contributed by atoms with Crippen molar-refractivity contribution in [2.24, 2.45) is 0 Å². The Kier molecular flexibility index (Phi) is 4.46. The van der Waals surface area contributed by atoms with E-state index in [1.165, 1.54) is 6.07 Å². The Hall–Kier alpha value is -1.79. The molecule has 1 aliphatic rings. The molecule has 2 aromatic carbocycles. The van der Waals surface area contributed by atoms with Crippen LogP contribution in [0.3, 0.4) is 0 Å². The molecular weight excluding hydrogens is 389 g/mol. The van der Waals surface area contributed by atoms with Crippen molar-refractivity contribution < 1.29 is 19.0 Å². The van der Waals surface area contributed by atoms with Gasteiger partial charge in [-0.25, -0.2) is 9.18 Å². The third kappa shape index (κ3) is 3.43. The van der Waals surface area contributed by atoms with Gasteiger partial charge in [-0.1, -0.05) is 39.7 Å². The van der Waals surface area contributed by atoms with Crippen LogP contribution in [0.25, 0.3) is 0 Å². The zero-order valence-electron chi connectivity index (χ0n) is 11.7. The minimum Gasteiger partial charge on any atom is -0.450 e. The number of carbonyl (C=O) groups is 1. The number of anilines is 1. The van der Waals surface area contributed by atoms with E-state index in [4.69, 9.17) is 21.4 Å². The molecule has 4 nitrogen and oxygen atoms in total. The number of fused-ring (bicyclic) bond motifs is 1. The smallest absolute Gasteiger partial charge is 0.450 e. The van der Waals surface area contributed by atoms with E-state index in [9.17, 15) is 9.18 Å². The highest BCUT2D eigenvalue weighted by molar-refractivity contribution is 9.10. The Morgan fingerprint density at radius 1 is 1.35 bits per heavy atom. The van der Waals surface area contributed by atoms with E-state index in [-0.39, 0.29) is 11.6 Å². The summed E-state index contributed by atoms with van der Waals surface area (Å²) in [6, 6.07) is 10.4. The van der Waals surface area contributed by atoms with Crippen molar-refractivity contribution in [1.29, 1.82) is 0 Å². The fraction of sp³-hybridized carbons (Fsp3) is 0.188. The molecule has 2 N–H and O–H groups in total. The van der Waals surface area contributed by atoms with E-state index >= 15 is 0 Å². The predicted octanol–water partition coefficient (Wildman–Crippen LogP) is 5.21. The molecule has 0 spiro atoms. The summed E-state index contributed by atoms with van der Waals surface area (Å²) in [7, 11) is 0. The van der Waals surface area contributed by atoms with Crippen LogP contribution >= 0.6 is 27.5 Å². The standard InChI is InChI=1S/C16H12BrClFNO3/c17-9-3-1-8(2-4-9)11-7-14(23-16(21)22)20-15-12(11)5-10(18)6-13(15)19/h1-6,11,14,20H,7H2,(H,21,22). The van der Waals surface area contributed by atoms with Gasteiger partial charge in [0.1, 0.15) is 5.82 Å². The fourth-order valence-corrected chi connectivity index (χ4v) is 3.27. The Morgan fingerprint density at radius 2 is 2.04 bits per heavy atom. The lowest BCUT2D eigenvalue weighted by atomic mass is 9.84. The van der Waals surface area contributed by atoms with Crippen molar-refractivity contribution in [3.05, 3.63) is 62.8 Å². The normalized spacial score (nSPS) is 19.6. The van der Waals surface area contributed by atoms with Crippen LogP contribution in [0, 0.1) is 5.82 Å². The van der Waals surface area contributed by atoms with Gasteiger partial charge in [-0.05, 0) is 35.4 Å². The van der Waals surface area contributed by atoms with Crippen molar-refractivity contribution in [1.82, 2.24) is 0 Å². The van der Waals surface area contributed by atoms with Crippen molar-refractivity contribution in [2.45, 2.75) is 18.6 Å². The molecule has 0 radical (unpaired) electrons. The SMILES string of the molecule is O=C(O)OC1CC(c2ccc(Br)cc2)c2cc(Cl)cc(F)c2N1. The monoisotopic (exact) mass is 399 g/mol. The van der Waals surface area contributed by atoms with E-state index in [1.807, 2.05) is 24.3 Å².